The smallest absolute Gasteiger partial charge is 0.224 e. The number of ether oxygens (including phenoxy) is 3. The van der Waals surface area contributed by atoms with Crippen molar-refractivity contribution in [2.75, 3.05) is 21.3 Å². The number of rotatable bonds is 4. The van der Waals surface area contributed by atoms with Crippen molar-refractivity contribution in [2.45, 2.75) is 6.92 Å². The van der Waals surface area contributed by atoms with Crippen LogP contribution in [0.2, 0.25) is 0 Å². The Balaban J connectivity index is 2.65. The lowest BCUT2D eigenvalue weighted by atomic mass is 10.0. The Kier molecular flexibility index (Phi) is 3.85. The molecule has 0 saturated heterocycles. The van der Waals surface area contributed by atoms with Gasteiger partial charge in [0, 0.05) is 11.6 Å². The summed E-state index contributed by atoms with van der Waals surface area (Å²) in [4.78, 5) is 8.34. The van der Waals surface area contributed by atoms with Crippen LogP contribution in [-0.4, -0.2) is 31.3 Å². The monoisotopic (exact) mass is 260 g/mol. The predicted octanol–water partition coefficient (Wildman–Crippen LogP) is 2.48. The van der Waals surface area contributed by atoms with Crippen molar-refractivity contribution in [3.8, 4) is 28.5 Å². The van der Waals surface area contributed by atoms with Gasteiger partial charge >= 0.3 is 0 Å². The maximum atomic E-state index is 5.41. The quantitative estimate of drug-likeness (QED) is 0.845. The van der Waals surface area contributed by atoms with Gasteiger partial charge in [0.05, 0.1) is 32.6 Å². The van der Waals surface area contributed by atoms with E-state index in [1.54, 1.807) is 21.3 Å². The predicted molar refractivity (Wildman–Crippen MR) is 71.9 cm³/mol. The van der Waals surface area contributed by atoms with Crippen LogP contribution in [0.3, 0.4) is 0 Å². The number of benzene rings is 1. The highest BCUT2D eigenvalue weighted by Crippen LogP contribution is 2.38. The minimum atomic E-state index is 0.524. The summed E-state index contributed by atoms with van der Waals surface area (Å²) in [5, 5.41) is 0. The topological polar surface area (TPSA) is 53.5 Å². The molecule has 5 nitrogen and oxygen atoms in total. The number of methoxy groups -OCH3 is 3. The van der Waals surface area contributed by atoms with Crippen LogP contribution in [0.5, 0.6) is 17.4 Å². The molecular formula is C14H16N2O3. The summed E-state index contributed by atoms with van der Waals surface area (Å²) in [6, 6.07) is 5.59. The number of hydrogen-bond acceptors (Lipinski definition) is 5. The van der Waals surface area contributed by atoms with Gasteiger partial charge in [0.15, 0.2) is 0 Å². The molecule has 5 heteroatoms. The van der Waals surface area contributed by atoms with E-state index in [1.165, 1.54) is 6.33 Å². The van der Waals surface area contributed by atoms with Crippen LogP contribution in [0.4, 0.5) is 0 Å². The van der Waals surface area contributed by atoms with Crippen molar-refractivity contribution in [2.24, 2.45) is 0 Å². The Labute approximate surface area is 112 Å². The van der Waals surface area contributed by atoms with E-state index >= 15 is 0 Å². The fourth-order valence-electron chi connectivity index (χ4n) is 1.92. The lowest BCUT2D eigenvalue weighted by molar-refractivity contribution is 0.391. The molecule has 100 valence electrons. The first kappa shape index (κ1) is 13.1. The molecule has 0 bridgehead atoms. The molecule has 19 heavy (non-hydrogen) atoms. The van der Waals surface area contributed by atoms with Gasteiger partial charge in [-0.1, -0.05) is 0 Å². The number of aryl methyl sites for hydroxylation is 1. The van der Waals surface area contributed by atoms with E-state index < -0.39 is 0 Å². The van der Waals surface area contributed by atoms with Crippen molar-refractivity contribution in [3.63, 3.8) is 0 Å². The molecule has 0 aliphatic carbocycles. The zero-order valence-corrected chi connectivity index (χ0v) is 11.4. The second-order valence-electron chi connectivity index (χ2n) is 3.91. The molecule has 0 spiro atoms. The Morgan fingerprint density at radius 1 is 0.947 bits per heavy atom. The summed E-state index contributed by atoms with van der Waals surface area (Å²) < 4.78 is 15.9. The fraction of sp³-hybridized carbons (Fsp3) is 0.286. The minimum absolute atomic E-state index is 0.524. The Hall–Kier alpha value is -2.30. The molecule has 1 heterocycles. The Morgan fingerprint density at radius 2 is 1.74 bits per heavy atom. The van der Waals surface area contributed by atoms with E-state index in [4.69, 9.17) is 14.2 Å². The van der Waals surface area contributed by atoms with Gasteiger partial charge in [-0.15, -0.1) is 0 Å². The molecule has 0 atom stereocenters. The van der Waals surface area contributed by atoms with Gasteiger partial charge in [0.1, 0.15) is 17.8 Å². The van der Waals surface area contributed by atoms with E-state index in [1.807, 2.05) is 25.1 Å². The average Bonchev–Trinajstić information content (AvgIpc) is 2.46. The molecule has 0 fully saturated rings. The van der Waals surface area contributed by atoms with Gasteiger partial charge in [-0.25, -0.2) is 9.97 Å². The lowest BCUT2D eigenvalue weighted by Crippen LogP contribution is -1.98. The Morgan fingerprint density at radius 3 is 2.37 bits per heavy atom. The second-order valence-corrected chi connectivity index (χ2v) is 3.91. The van der Waals surface area contributed by atoms with Crippen molar-refractivity contribution < 1.29 is 14.2 Å². The average molecular weight is 260 g/mol. The largest absolute Gasteiger partial charge is 0.497 e. The van der Waals surface area contributed by atoms with Crippen LogP contribution in [0.1, 0.15) is 5.69 Å². The fourth-order valence-corrected chi connectivity index (χ4v) is 1.92. The normalized spacial score (nSPS) is 10.1. The molecule has 1 aromatic heterocycles. The van der Waals surface area contributed by atoms with Crippen LogP contribution in [0.15, 0.2) is 24.5 Å². The summed E-state index contributed by atoms with van der Waals surface area (Å²) in [5.74, 6) is 1.94. The molecule has 0 aliphatic rings. The summed E-state index contributed by atoms with van der Waals surface area (Å²) in [5.41, 5.74) is 2.53. The van der Waals surface area contributed by atoms with E-state index in [0.717, 1.165) is 22.6 Å². The van der Waals surface area contributed by atoms with Crippen molar-refractivity contribution in [1.29, 1.82) is 0 Å². The van der Waals surface area contributed by atoms with Crippen LogP contribution in [0, 0.1) is 6.92 Å². The van der Waals surface area contributed by atoms with Crippen LogP contribution in [0.25, 0.3) is 11.1 Å². The Bertz CT molecular complexity index is 585. The third-order valence-corrected chi connectivity index (χ3v) is 2.87. The summed E-state index contributed by atoms with van der Waals surface area (Å²) >= 11 is 0. The molecule has 0 aliphatic heterocycles. The van der Waals surface area contributed by atoms with E-state index in [-0.39, 0.29) is 0 Å². The van der Waals surface area contributed by atoms with E-state index in [2.05, 4.69) is 9.97 Å². The molecular weight excluding hydrogens is 244 g/mol. The summed E-state index contributed by atoms with van der Waals surface area (Å²) in [7, 11) is 4.82. The molecule has 2 aromatic rings. The molecule has 0 unspecified atom stereocenters. The van der Waals surface area contributed by atoms with Gasteiger partial charge in [-0.3, -0.25) is 0 Å². The van der Waals surface area contributed by atoms with Crippen molar-refractivity contribution >= 4 is 0 Å². The van der Waals surface area contributed by atoms with Gasteiger partial charge in [-0.05, 0) is 19.1 Å². The zero-order chi connectivity index (χ0) is 13.8. The van der Waals surface area contributed by atoms with Crippen molar-refractivity contribution in [3.05, 3.63) is 30.2 Å². The third-order valence-electron chi connectivity index (χ3n) is 2.87. The van der Waals surface area contributed by atoms with Crippen LogP contribution in [-0.2, 0) is 0 Å². The first-order valence-corrected chi connectivity index (χ1v) is 5.79. The highest BCUT2D eigenvalue weighted by atomic mass is 16.5. The standard InChI is InChI=1S/C14H16N2O3/c1-9-13(14(19-4)16-8-15-9)11-6-5-10(17-2)7-12(11)18-3/h5-8H,1-4H3. The van der Waals surface area contributed by atoms with Gasteiger partial charge in [-0.2, -0.15) is 0 Å². The SMILES string of the molecule is COc1ccc(-c2c(C)ncnc2OC)c(OC)c1. The van der Waals surface area contributed by atoms with Gasteiger partial charge < -0.3 is 14.2 Å². The highest BCUT2D eigenvalue weighted by molar-refractivity contribution is 5.77. The minimum Gasteiger partial charge on any atom is -0.497 e. The number of nitrogens with zero attached hydrogens (tertiary/aromatic N) is 2. The van der Waals surface area contributed by atoms with Gasteiger partial charge in [0.2, 0.25) is 5.88 Å². The number of aromatic nitrogens is 2. The molecule has 0 saturated carbocycles. The highest BCUT2D eigenvalue weighted by Gasteiger charge is 2.16. The molecule has 0 N–H and O–H groups in total. The van der Waals surface area contributed by atoms with Crippen LogP contribution >= 0.6 is 0 Å². The zero-order valence-electron chi connectivity index (χ0n) is 11.4. The maximum absolute atomic E-state index is 5.41. The lowest BCUT2D eigenvalue weighted by Gasteiger charge is -2.14. The van der Waals surface area contributed by atoms with Crippen molar-refractivity contribution in [1.82, 2.24) is 9.97 Å². The van der Waals surface area contributed by atoms with E-state index in [0.29, 0.717) is 11.6 Å². The summed E-state index contributed by atoms with van der Waals surface area (Å²) in [6.45, 7) is 1.91. The first-order chi connectivity index (χ1) is 9.21. The second kappa shape index (κ2) is 5.56. The third kappa shape index (κ3) is 2.45. The van der Waals surface area contributed by atoms with Crippen LogP contribution < -0.4 is 14.2 Å². The van der Waals surface area contributed by atoms with E-state index in [9.17, 15) is 0 Å². The first-order valence-electron chi connectivity index (χ1n) is 5.79. The molecule has 2 rings (SSSR count). The molecule has 0 amide bonds. The molecule has 1 aromatic carbocycles. The maximum Gasteiger partial charge on any atom is 0.224 e. The van der Waals surface area contributed by atoms with Gasteiger partial charge in [0.25, 0.3) is 0 Å². The number of hydrogen-bond donors (Lipinski definition) is 0. The molecule has 0 radical (unpaired) electrons. The summed E-state index contributed by atoms with van der Waals surface area (Å²) in [6.07, 6.45) is 1.48.